The van der Waals surface area contributed by atoms with Gasteiger partial charge in [-0.1, -0.05) is 0 Å². The zero-order valence-electron chi connectivity index (χ0n) is 11.4. The molecule has 0 heterocycles. The van der Waals surface area contributed by atoms with Gasteiger partial charge < -0.3 is 16.4 Å². The van der Waals surface area contributed by atoms with E-state index < -0.39 is 0 Å². The average molecular weight is 530 g/mol. The van der Waals surface area contributed by atoms with E-state index in [1.807, 2.05) is 0 Å². The summed E-state index contributed by atoms with van der Waals surface area (Å²) in [7, 11) is 0. The van der Waals surface area contributed by atoms with Crippen LogP contribution in [0.2, 0.25) is 0 Å². The van der Waals surface area contributed by atoms with Gasteiger partial charge in [0.25, 0.3) is 0 Å². The maximum Gasteiger partial charge on any atom is -2.00 e. The molecule has 2 aromatic carbocycles. The number of nitro groups is 2. The van der Waals surface area contributed by atoms with Crippen molar-refractivity contribution in [2.75, 3.05) is 0 Å². The molecule has 0 radical (unpaired) electrons. The molecule has 116 valence electrons. The average Bonchev–Trinajstić information content (AvgIpc) is 2.40. The van der Waals surface area contributed by atoms with Gasteiger partial charge in [0.2, 0.25) is 0 Å². The number of benzene rings is 2. The molecule has 23 heavy (non-hydrogen) atoms. The van der Waals surface area contributed by atoms with E-state index in [9.17, 15) is 20.2 Å². The Balaban J connectivity index is -0.000000308. The molecule has 0 unspecified atom stereocenters. The molecular weight excluding hydrogens is 522 g/mol. The van der Waals surface area contributed by atoms with Crippen LogP contribution in [-0.4, -0.2) is 54.9 Å². The number of nitrogens with zero attached hydrogens (tertiary/aromatic N) is 2. The molecule has 0 aromatic heterocycles. The first-order chi connectivity index (χ1) is 9.43. The molecule has 2 rings (SSSR count). The number of rotatable bonds is 2. The molecular formula is C12H8N2O7Sn2. The summed E-state index contributed by atoms with van der Waals surface area (Å²) in [6, 6.07) is 13.5. The second-order valence-electron chi connectivity index (χ2n) is 3.55. The SMILES string of the molecule is O=[N+]([O-])c1cccc[c]1[Sn+3].O=[N+]([O-])c1cccc[c]1[Sn+3].[O-2].[O-2].[O-2]. The minimum Gasteiger partial charge on any atom is -2.00 e. The van der Waals surface area contributed by atoms with Crippen LogP contribution in [0, 0.1) is 20.2 Å². The quantitative estimate of drug-likeness (QED) is 0.312. The van der Waals surface area contributed by atoms with Gasteiger partial charge in [-0.3, -0.25) is 0 Å². The van der Waals surface area contributed by atoms with Gasteiger partial charge in [-0.25, -0.2) is 0 Å². The Kier molecular flexibility index (Phi) is 15.3. The van der Waals surface area contributed by atoms with E-state index >= 15 is 0 Å². The third-order valence-electron chi connectivity index (χ3n) is 2.20. The fraction of sp³-hybridized carbons (Fsp3) is 0. The van der Waals surface area contributed by atoms with Crippen LogP contribution < -0.4 is 7.16 Å². The van der Waals surface area contributed by atoms with Crippen LogP contribution >= 0.6 is 0 Å². The van der Waals surface area contributed by atoms with E-state index in [1.54, 1.807) is 36.4 Å². The van der Waals surface area contributed by atoms with Crippen molar-refractivity contribution in [3.63, 3.8) is 0 Å². The predicted octanol–water partition coefficient (Wildman–Crippen LogP) is 0.421. The van der Waals surface area contributed by atoms with Gasteiger partial charge in [0, 0.05) is 0 Å². The summed E-state index contributed by atoms with van der Waals surface area (Å²) in [5, 5.41) is 20.5. The second-order valence-corrected chi connectivity index (χ2v) is 6.62. The summed E-state index contributed by atoms with van der Waals surface area (Å²) in [4.78, 5) is 19.8. The van der Waals surface area contributed by atoms with E-state index in [-0.39, 0.29) is 37.6 Å². The molecule has 0 spiro atoms. The first kappa shape index (κ1) is 26.6. The van der Waals surface area contributed by atoms with Crippen LogP contribution in [0.1, 0.15) is 0 Å². The summed E-state index contributed by atoms with van der Waals surface area (Å²) in [5.74, 6) is 0. The van der Waals surface area contributed by atoms with Crippen molar-refractivity contribution in [1.29, 1.82) is 0 Å². The van der Waals surface area contributed by atoms with Gasteiger partial charge in [-0.2, -0.15) is 0 Å². The van der Waals surface area contributed by atoms with Gasteiger partial charge >= 0.3 is 142 Å². The largest absolute Gasteiger partial charge is 2.00 e. The third-order valence-corrected chi connectivity index (χ3v) is 4.61. The molecule has 0 fully saturated rings. The van der Waals surface area contributed by atoms with Crippen LogP contribution in [0.3, 0.4) is 0 Å². The van der Waals surface area contributed by atoms with E-state index in [0.717, 1.165) is 52.2 Å². The zero-order valence-corrected chi connectivity index (χ0v) is 17.1. The van der Waals surface area contributed by atoms with E-state index in [0.29, 0.717) is 0 Å². The fourth-order valence-electron chi connectivity index (χ4n) is 1.27. The normalized spacial score (nSPS) is 8.17. The van der Waals surface area contributed by atoms with Crippen molar-refractivity contribution in [3.05, 3.63) is 68.8 Å². The molecule has 0 aliphatic rings. The molecule has 9 nitrogen and oxygen atoms in total. The Hall–Kier alpha value is -1.28. The summed E-state index contributed by atoms with van der Waals surface area (Å²) < 4.78 is 1.58. The molecule has 0 aliphatic carbocycles. The van der Waals surface area contributed by atoms with Crippen LogP contribution in [-0.2, 0) is 16.4 Å². The first-order valence-electron chi connectivity index (χ1n) is 5.33. The molecule has 0 amide bonds. The Labute approximate surface area is 158 Å². The van der Waals surface area contributed by atoms with Gasteiger partial charge in [0.05, 0.1) is 0 Å². The number of hydrogen-bond donors (Lipinski definition) is 0. The van der Waals surface area contributed by atoms with Crippen molar-refractivity contribution in [1.82, 2.24) is 0 Å². The molecule has 0 aliphatic heterocycles. The van der Waals surface area contributed by atoms with Gasteiger partial charge in [-0.05, 0) is 0 Å². The van der Waals surface area contributed by atoms with Crippen LogP contribution in [0.4, 0.5) is 11.4 Å². The molecule has 0 saturated carbocycles. The van der Waals surface area contributed by atoms with E-state index in [4.69, 9.17) is 0 Å². The van der Waals surface area contributed by atoms with E-state index in [1.165, 1.54) is 12.1 Å². The summed E-state index contributed by atoms with van der Waals surface area (Å²) in [6.07, 6.45) is 0. The number of nitro benzene ring substituents is 2. The minimum absolute atomic E-state index is 0. The summed E-state index contributed by atoms with van der Waals surface area (Å²) >= 11 is 2.16. The number of hydrogen-bond acceptors (Lipinski definition) is 4. The molecule has 11 heteroatoms. The van der Waals surface area contributed by atoms with Crippen LogP contribution in [0.25, 0.3) is 0 Å². The summed E-state index contributed by atoms with van der Waals surface area (Å²) in [6.45, 7) is 0. The standard InChI is InChI=1S/2C6H4NO2.3O.2Sn/c2*8-7(9)6-4-2-1-3-5-6;;;;;/h2*1-4H;;;;;/q;;3*-2;2*+3. The monoisotopic (exact) mass is 532 g/mol. The first-order valence-corrected chi connectivity index (χ1v) is 8.19. The van der Waals surface area contributed by atoms with Gasteiger partial charge in [-0.15, -0.1) is 0 Å². The molecule has 0 N–H and O–H groups in total. The predicted molar refractivity (Wildman–Crippen MR) is 79.0 cm³/mol. The van der Waals surface area contributed by atoms with Crippen molar-refractivity contribution < 1.29 is 26.3 Å². The Morgan fingerprint density at radius 2 is 0.913 bits per heavy atom. The Morgan fingerprint density at radius 3 is 1.09 bits per heavy atom. The molecule has 0 bridgehead atoms. The van der Waals surface area contributed by atoms with Crippen LogP contribution in [0.15, 0.2) is 48.5 Å². The fourth-order valence-corrected chi connectivity index (χ4v) is 2.81. The summed E-state index contributed by atoms with van der Waals surface area (Å²) in [5.41, 5.74) is 0.446. The topological polar surface area (TPSA) is 172 Å². The van der Waals surface area contributed by atoms with Gasteiger partial charge in [0.1, 0.15) is 0 Å². The van der Waals surface area contributed by atoms with Crippen molar-refractivity contribution in [2.45, 2.75) is 0 Å². The van der Waals surface area contributed by atoms with Crippen molar-refractivity contribution >= 4 is 63.6 Å². The zero-order chi connectivity index (χ0) is 15.1. The molecule has 2 aromatic rings. The van der Waals surface area contributed by atoms with Crippen LogP contribution in [0.5, 0.6) is 0 Å². The molecule has 0 atom stereocenters. The Bertz CT molecular complexity index is 585. The smallest absolute Gasteiger partial charge is 2.00 e. The van der Waals surface area contributed by atoms with E-state index in [2.05, 4.69) is 0 Å². The maximum absolute atomic E-state index is 10.2. The second kappa shape index (κ2) is 13.2. The van der Waals surface area contributed by atoms with Crippen molar-refractivity contribution in [3.8, 4) is 0 Å². The van der Waals surface area contributed by atoms with Gasteiger partial charge in [0.15, 0.2) is 0 Å². The maximum atomic E-state index is 10.2. The molecule has 0 saturated heterocycles. The third kappa shape index (κ3) is 8.80. The number of para-hydroxylation sites is 2. The minimum atomic E-state index is -0.357. The van der Waals surface area contributed by atoms with Crippen molar-refractivity contribution in [2.24, 2.45) is 0 Å². The Morgan fingerprint density at radius 1 is 0.652 bits per heavy atom.